The Morgan fingerprint density at radius 3 is 2.52 bits per heavy atom. The van der Waals surface area contributed by atoms with Crippen molar-refractivity contribution in [3.8, 4) is 23.0 Å². The lowest BCUT2D eigenvalue weighted by Crippen LogP contribution is -2.06. The van der Waals surface area contributed by atoms with Crippen LogP contribution >= 0.6 is 0 Å². The minimum Gasteiger partial charge on any atom is -0.496 e. The summed E-state index contributed by atoms with van der Waals surface area (Å²) < 4.78 is 40.2. The average molecular weight is 347 g/mol. The fraction of sp³-hybridized carbons (Fsp3) is 0.176. The number of nitrogens with one attached hydrogen (secondary N) is 1. The van der Waals surface area contributed by atoms with Gasteiger partial charge in [-0.3, -0.25) is 0 Å². The molecule has 0 fully saturated rings. The Hall–Kier alpha value is -3.16. The molecule has 6 nitrogen and oxygen atoms in total. The van der Waals surface area contributed by atoms with E-state index in [2.05, 4.69) is 20.3 Å². The third-order valence-electron chi connectivity index (χ3n) is 3.34. The molecule has 1 aromatic heterocycles. The summed E-state index contributed by atoms with van der Waals surface area (Å²) in [4.78, 5) is 0. The van der Waals surface area contributed by atoms with Gasteiger partial charge in [0.1, 0.15) is 11.5 Å². The van der Waals surface area contributed by atoms with E-state index in [4.69, 9.17) is 9.15 Å². The summed E-state index contributed by atoms with van der Waals surface area (Å²) in [6.45, 7) is -2.74. The number of benzene rings is 2. The zero-order chi connectivity index (χ0) is 17.6. The van der Waals surface area contributed by atoms with Crippen LogP contribution in [0.4, 0.5) is 14.5 Å². The van der Waals surface area contributed by atoms with Gasteiger partial charge in [-0.2, -0.15) is 8.78 Å². The van der Waals surface area contributed by atoms with Crippen molar-refractivity contribution < 1.29 is 22.7 Å². The number of rotatable bonds is 7. The Bertz CT molecular complexity index is 839. The van der Waals surface area contributed by atoms with Crippen LogP contribution in [0.5, 0.6) is 11.5 Å². The molecule has 2 aromatic carbocycles. The Kier molecular flexibility index (Phi) is 5.08. The second-order valence-electron chi connectivity index (χ2n) is 4.93. The van der Waals surface area contributed by atoms with Crippen molar-refractivity contribution in [2.24, 2.45) is 0 Å². The molecule has 0 saturated carbocycles. The molecule has 0 amide bonds. The molecule has 130 valence electrons. The fourth-order valence-electron chi connectivity index (χ4n) is 2.24. The number of nitrogens with zero attached hydrogens (tertiary/aromatic N) is 2. The van der Waals surface area contributed by atoms with E-state index in [0.29, 0.717) is 28.8 Å². The highest BCUT2D eigenvalue weighted by Gasteiger charge is 2.14. The molecule has 0 radical (unpaired) electrons. The number of hydrogen-bond donors (Lipinski definition) is 1. The zero-order valence-corrected chi connectivity index (χ0v) is 13.3. The Labute approximate surface area is 142 Å². The van der Waals surface area contributed by atoms with E-state index in [-0.39, 0.29) is 12.3 Å². The summed E-state index contributed by atoms with van der Waals surface area (Å²) >= 11 is 0. The molecule has 0 spiro atoms. The molecule has 1 heterocycles. The lowest BCUT2D eigenvalue weighted by atomic mass is 10.2. The van der Waals surface area contributed by atoms with E-state index in [1.807, 2.05) is 12.1 Å². The van der Waals surface area contributed by atoms with E-state index in [9.17, 15) is 8.78 Å². The monoisotopic (exact) mass is 347 g/mol. The normalized spacial score (nSPS) is 10.7. The van der Waals surface area contributed by atoms with E-state index in [0.717, 1.165) is 0 Å². The Morgan fingerprint density at radius 2 is 1.76 bits per heavy atom. The molecule has 0 saturated heterocycles. The van der Waals surface area contributed by atoms with Gasteiger partial charge < -0.3 is 19.2 Å². The minimum atomic E-state index is -2.90. The summed E-state index contributed by atoms with van der Waals surface area (Å²) in [6.07, 6.45) is 0. The van der Waals surface area contributed by atoms with Gasteiger partial charge in [0.15, 0.2) is 0 Å². The molecular formula is C17H15F2N3O3. The first-order valence-corrected chi connectivity index (χ1v) is 7.41. The molecule has 8 heteroatoms. The number of hydrogen-bond acceptors (Lipinski definition) is 6. The SMILES string of the molecule is COc1ccccc1-c1nnc(CNc2ccccc2OC(F)F)o1. The molecule has 0 aliphatic rings. The number of para-hydroxylation sites is 3. The van der Waals surface area contributed by atoms with Crippen molar-refractivity contribution in [1.29, 1.82) is 0 Å². The quantitative estimate of drug-likeness (QED) is 0.698. The van der Waals surface area contributed by atoms with Crippen molar-refractivity contribution in [3.05, 3.63) is 54.4 Å². The number of ether oxygens (including phenoxy) is 2. The van der Waals surface area contributed by atoms with Crippen LogP contribution in [0.1, 0.15) is 5.89 Å². The number of methoxy groups -OCH3 is 1. The maximum atomic E-state index is 12.4. The first-order valence-electron chi connectivity index (χ1n) is 7.41. The largest absolute Gasteiger partial charge is 0.496 e. The second-order valence-corrected chi connectivity index (χ2v) is 4.93. The third kappa shape index (κ3) is 4.03. The van der Waals surface area contributed by atoms with Crippen LogP contribution < -0.4 is 14.8 Å². The highest BCUT2D eigenvalue weighted by Crippen LogP contribution is 2.29. The number of anilines is 1. The van der Waals surface area contributed by atoms with Crippen LogP contribution in [0.3, 0.4) is 0 Å². The van der Waals surface area contributed by atoms with Crippen LogP contribution in [0.2, 0.25) is 0 Å². The van der Waals surface area contributed by atoms with Crippen LogP contribution in [0.15, 0.2) is 52.9 Å². The van der Waals surface area contributed by atoms with Gasteiger partial charge in [0, 0.05) is 0 Å². The number of aromatic nitrogens is 2. The van der Waals surface area contributed by atoms with E-state index >= 15 is 0 Å². The van der Waals surface area contributed by atoms with E-state index < -0.39 is 6.61 Å². The number of halogens is 2. The molecule has 0 bridgehead atoms. The molecule has 1 N–H and O–H groups in total. The van der Waals surface area contributed by atoms with Crippen LogP contribution in [-0.2, 0) is 6.54 Å². The zero-order valence-electron chi connectivity index (χ0n) is 13.3. The predicted molar refractivity (Wildman–Crippen MR) is 86.7 cm³/mol. The predicted octanol–water partition coefficient (Wildman–Crippen LogP) is 3.96. The Morgan fingerprint density at radius 1 is 1.04 bits per heavy atom. The minimum absolute atomic E-state index is 0.0435. The summed E-state index contributed by atoms with van der Waals surface area (Å²) in [6, 6.07) is 13.6. The van der Waals surface area contributed by atoms with Gasteiger partial charge in [0.05, 0.1) is 24.9 Å². The molecule has 0 atom stereocenters. The standard InChI is InChI=1S/C17H15F2N3O3/c1-23-13-8-4-2-6-11(13)16-22-21-15(25-16)10-20-12-7-3-5-9-14(12)24-17(18)19/h2-9,17,20H,10H2,1H3. The molecule has 0 aliphatic heterocycles. The van der Waals surface area contributed by atoms with Crippen LogP contribution in [0.25, 0.3) is 11.5 Å². The summed E-state index contributed by atoms with van der Waals surface area (Å²) in [5, 5.41) is 10.9. The van der Waals surface area contributed by atoms with Crippen molar-refractivity contribution in [3.63, 3.8) is 0 Å². The second kappa shape index (κ2) is 7.61. The summed E-state index contributed by atoms with van der Waals surface area (Å²) in [7, 11) is 1.55. The van der Waals surface area contributed by atoms with E-state index in [1.165, 1.54) is 6.07 Å². The lowest BCUT2D eigenvalue weighted by molar-refractivity contribution is -0.0493. The molecule has 0 unspecified atom stereocenters. The molecule has 3 rings (SSSR count). The maximum absolute atomic E-state index is 12.4. The molecule has 25 heavy (non-hydrogen) atoms. The fourth-order valence-corrected chi connectivity index (χ4v) is 2.24. The summed E-state index contributed by atoms with van der Waals surface area (Å²) in [5.74, 6) is 1.27. The van der Waals surface area contributed by atoms with Gasteiger partial charge in [0.2, 0.25) is 5.89 Å². The van der Waals surface area contributed by atoms with Gasteiger partial charge in [-0.15, -0.1) is 10.2 Å². The van der Waals surface area contributed by atoms with Gasteiger partial charge in [-0.25, -0.2) is 0 Å². The summed E-state index contributed by atoms with van der Waals surface area (Å²) in [5.41, 5.74) is 1.07. The van der Waals surface area contributed by atoms with Crippen LogP contribution in [-0.4, -0.2) is 23.9 Å². The Balaban J connectivity index is 1.73. The van der Waals surface area contributed by atoms with E-state index in [1.54, 1.807) is 37.4 Å². The van der Waals surface area contributed by atoms with Crippen molar-refractivity contribution in [2.75, 3.05) is 12.4 Å². The third-order valence-corrected chi connectivity index (χ3v) is 3.34. The first-order chi connectivity index (χ1) is 12.2. The van der Waals surface area contributed by atoms with Crippen molar-refractivity contribution in [1.82, 2.24) is 10.2 Å². The van der Waals surface area contributed by atoms with Crippen LogP contribution in [0, 0.1) is 0 Å². The highest BCUT2D eigenvalue weighted by atomic mass is 19.3. The van der Waals surface area contributed by atoms with Crippen molar-refractivity contribution in [2.45, 2.75) is 13.2 Å². The van der Waals surface area contributed by atoms with Crippen molar-refractivity contribution >= 4 is 5.69 Å². The first kappa shape index (κ1) is 16.7. The molecule has 0 aliphatic carbocycles. The average Bonchev–Trinajstić information content (AvgIpc) is 3.09. The van der Waals surface area contributed by atoms with Gasteiger partial charge in [-0.1, -0.05) is 24.3 Å². The highest BCUT2D eigenvalue weighted by molar-refractivity contribution is 5.62. The molecular weight excluding hydrogens is 332 g/mol. The number of alkyl halides is 2. The van der Waals surface area contributed by atoms with Gasteiger partial charge >= 0.3 is 6.61 Å². The van der Waals surface area contributed by atoms with Gasteiger partial charge in [-0.05, 0) is 24.3 Å². The smallest absolute Gasteiger partial charge is 0.387 e. The molecule has 3 aromatic rings. The lowest BCUT2D eigenvalue weighted by Gasteiger charge is -2.11. The van der Waals surface area contributed by atoms with Gasteiger partial charge in [0.25, 0.3) is 5.89 Å². The topological polar surface area (TPSA) is 69.4 Å². The maximum Gasteiger partial charge on any atom is 0.387 e.